The smallest absolute Gasteiger partial charge is 0.311 e. The Labute approximate surface area is 121 Å². The van der Waals surface area contributed by atoms with Crippen LogP contribution >= 0.6 is 0 Å². The number of halogens is 2. The first-order chi connectivity index (χ1) is 10.00. The van der Waals surface area contributed by atoms with Crippen molar-refractivity contribution in [2.24, 2.45) is 0 Å². The zero-order valence-electron chi connectivity index (χ0n) is 11.5. The van der Waals surface area contributed by atoms with Gasteiger partial charge in [0.25, 0.3) is 0 Å². The van der Waals surface area contributed by atoms with Gasteiger partial charge < -0.3 is 10.2 Å². The molecule has 1 aromatic carbocycles. The zero-order valence-corrected chi connectivity index (χ0v) is 11.5. The lowest BCUT2D eigenvalue weighted by Crippen LogP contribution is -2.45. The summed E-state index contributed by atoms with van der Waals surface area (Å²) in [7, 11) is 0. The second-order valence-electron chi connectivity index (χ2n) is 5.69. The maximum atomic E-state index is 13.3. The Kier molecular flexibility index (Phi) is 3.39. The molecule has 0 radical (unpaired) electrons. The van der Waals surface area contributed by atoms with E-state index in [0.29, 0.717) is 31.5 Å². The highest BCUT2D eigenvalue weighted by atomic mass is 19.1. The van der Waals surface area contributed by atoms with Gasteiger partial charge in [-0.15, -0.1) is 0 Å². The number of hydrogen-bond acceptors (Lipinski definition) is 2. The number of nitrogens with one attached hydrogen (secondary N) is 1. The molecule has 6 heteroatoms. The predicted octanol–water partition coefficient (Wildman–Crippen LogP) is 1.69. The van der Waals surface area contributed by atoms with Crippen molar-refractivity contribution < 1.29 is 18.4 Å². The van der Waals surface area contributed by atoms with E-state index in [2.05, 4.69) is 5.32 Å². The van der Waals surface area contributed by atoms with Crippen LogP contribution in [0.1, 0.15) is 31.2 Å². The molecule has 3 rings (SSSR count). The Balaban J connectivity index is 1.74. The Bertz CT molecular complexity index is 573. The van der Waals surface area contributed by atoms with Crippen molar-refractivity contribution in [2.75, 3.05) is 13.1 Å². The number of likely N-dealkylation sites (tertiary alicyclic amines) is 1. The van der Waals surface area contributed by atoms with E-state index in [4.69, 9.17) is 0 Å². The number of benzene rings is 1. The summed E-state index contributed by atoms with van der Waals surface area (Å²) < 4.78 is 26.6. The Morgan fingerprint density at radius 1 is 1.05 bits per heavy atom. The fourth-order valence-corrected chi connectivity index (χ4v) is 2.78. The second kappa shape index (κ2) is 5.09. The minimum atomic E-state index is -0.796. The average molecular weight is 294 g/mol. The van der Waals surface area contributed by atoms with E-state index >= 15 is 0 Å². The molecule has 1 N–H and O–H groups in total. The topological polar surface area (TPSA) is 49.4 Å². The van der Waals surface area contributed by atoms with Gasteiger partial charge in [0.2, 0.25) is 0 Å². The van der Waals surface area contributed by atoms with Crippen LogP contribution in [-0.4, -0.2) is 29.8 Å². The number of amides is 2. The van der Waals surface area contributed by atoms with Crippen molar-refractivity contribution in [3.8, 4) is 0 Å². The van der Waals surface area contributed by atoms with Gasteiger partial charge in [-0.3, -0.25) is 9.59 Å². The van der Waals surface area contributed by atoms with E-state index in [0.717, 1.165) is 18.9 Å². The minimum absolute atomic E-state index is 0.377. The van der Waals surface area contributed by atoms with Gasteiger partial charge in [0.05, 0.1) is 5.54 Å². The van der Waals surface area contributed by atoms with Crippen LogP contribution in [0.4, 0.5) is 8.78 Å². The van der Waals surface area contributed by atoms with Gasteiger partial charge in [-0.1, -0.05) is 0 Å². The predicted molar refractivity (Wildman–Crippen MR) is 71.2 cm³/mol. The van der Waals surface area contributed by atoms with E-state index < -0.39 is 29.0 Å². The molecule has 1 aliphatic heterocycles. The lowest BCUT2D eigenvalue weighted by Gasteiger charge is -2.20. The normalized spacial score (nSPS) is 19.4. The number of carbonyl (C=O) groups is 2. The van der Waals surface area contributed by atoms with Crippen LogP contribution in [0.25, 0.3) is 0 Å². The molecule has 0 spiro atoms. The number of carbonyl (C=O) groups excluding carboxylic acids is 2. The second-order valence-corrected chi connectivity index (χ2v) is 5.69. The molecule has 0 aromatic heterocycles. The molecule has 21 heavy (non-hydrogen) atoms. The number of hydrogen-bond donors (Lipinski definition) is 1. The van der Waals surface area contributed by atoms with Crippen molar-refractivity contribution >= 4 is 11.8 Å². The molecule has 2 aliphatic rings. The van der Waals surface area contributed by atoms with Crippen molar-refractivity contribution in [2.45, 2.75) is 31.2 Å². The molecular weight excluding hydrogens is 278 g/mol. The summed E-state index contributed by atoms with van der Waals surface area (Å²) in [5, 5.41) is 2.65. The molecule has 0 unspecified atom stereocenters. The van der Waals surface area contributed by atoms with Gasteiger partial charge in [-0.2, -0.15) is 0 Å². The largest absolute Gasteiger partial charge is 0.338 e. The third kappa shape index (κ3) is 2.75. The van der Waals surface area contributed by atoms with Crippen molar-refractivity contribution in [1.29, 1.82) is 0 Å². The summed E-state index contributed by atoms with van der Waals surface area (Å²) in [5.41, 5.74) is -0.419. The van der Waals surface area contributed by atoms with Crippen LogP contribution < -0.4 is 5.32 Å². The van der Waals surface area contributed by atoms with E-state index in [1.165, 1.54) is 17.0 Å². The molecule has 1 heterocycles. The quantitative estimate of drug-likeness (QED) is 0.844. The summed E-state index contributed by atoms with van der Waals surface area (Å²) in [6.45, 7) is 1.18. The molecule has 2 fully saturated rings. The first-order valence-corrected chi connectivity index (χ1v) is 7.08. The lowest BCUT2D eigenvalue weighted by molar-refractivity contribution is -0.145. The van der Waals surface area contributed by atoms with Gasteiger partial charge >= 0.3 is 11.8 Å². The van der Waals surface area contributed by atoms with Gasteiger partial charge in [0.1, 0.15) is 11.6 Å². The average Bonchev–Trinajstić information content (AvgIpc) is 3.01. The highest BCUT2D eigenvalue weighted by molar-refractivity contribution is 6.35. The van der Waals surface area contributed by atoms with E-state index in [9.17, 15) is 18.4 Å². The highest BCUT2D eigenvalue weighted by Crippen LogP contribution is 2.45. The maximum Gasteiger partial charge on any atom is 0.311 e. The maximum absolute atomic E-state index is 13.3. The Hall–Kier alpha value is -1.98. The standard InChI is InChI=1S/C15H16F2N2O2/c16-11-7-10(8-12(17)9-11)15(3-4-15)18-13(20)14(21)19-5-1-2-6-19/h7-9H,1-6H2,(H,18,20). The zero-order chi connectivity index (χ0) is 15.0. The summed E-state index contributed by atoms with van der Waals surface area (Å²) >= 11 is 0. The lowest BCUT2D eigenvalue weighted by atomic mass is 10.0. The SMILES string of the molecule is O=C(NC1(c2cc(F)cc(F)c2)CC1)C(=O)N1CCCC1. The van der Waals surface area contributed by atoms with Crippen LogP contribution in [-0.2, 0) is 15.1 Å². The molecule has 1 aliphatic carbocycles. The van der Waals surface area contributed by atoms with Crippen molar-refractivity contribution in [3.05, 3.63) is 35.4 Å². The monoisotopic (exact) mass is 294 g/mol. The first kappa shape index (κ1) is 14.0. The minimum Gasteiger partial charge on any atom is -0.338 e. The molecule has 0 atom stereocenters. The number of rotatable bonds is 2. The van der Waals surface area contributed by atoms with Gasteiger partial charge in [0.15, 0.2) is 0 Å². The molecule has 0 bridgehead atoms. The molecule has 1 saturated heterocycles. The van der Waals surface area contributed by atoms with Crippen LogP contribution in [0.5, 0.6) is 0 Å². The molecule has 1 saturated carbocycles. The third-order valence-electron chi connectivity index (χ3n) is 4.11. The van der Waals surface area contributed by atoms with Gasteiger partial charge in [0, 0.05) is 19.2 Å². The van der Waals surface area contributed by atoms with E-state index in [1.54, 1.807) is 0 Å². The summed E-state index contributed by atoms with van der Waals surface area (Å²) in [4.78, 5) is 25.5. The number of nitrogens with zero attached hydrogens (tertiary/aromatic N) is 1. The van der Waals surface area contributed by atoms with E-state index in [-0.39, 0.29) is 0 Å². The van der Waals surface area contributed by atoms with Crippen LogP contribution in [0.2, 0.25) is 0 Å². The van der Waals surface area contributed by atoms with Crippen LogP contribution in [0.3, 0.4) is 0 Å². The van der Waals surface area contributed by atoms with E-state index in [1.807, 2.05) is 0 Å². The summed E-state index contributed by atoms with van der Waals surface area (Å²) in [6.07, 6.45) is 2.96. The van der Waals surface area contributed by atoms with Crippen LogP contribution in [0.15, 0.2) is 18.2 Å². The van der Waals surface area contributed by atoms with Crippen molar-refractivity contribution in [1.82, 2.24) is 10.2 Å². The van der Waals surface area contributed by atoms with Gasteiger partial charge in [-0.25, -0.2) is 8.78 Å². The fraction of sp³-hybridized carbons (Fsp3) is 0.467. The summed E-state index contributed by atoms with van der Waals surface area (Å²) in [6, 6.07) is 3.20. The fourth-order valence-electron chi connectivity index (χ4n) is 2.78. The van der Waals surface area contributed by atoms with Crippen LogP contribution in [0, 0.1) is 11.6 Å². The molecule has 1 aromatic rings. The molecular formula is C15H16F2N2O2. The van der Waals surface area contributed by atoms with Gasteiger partial charge in [-0.05, 0) is 43.4 Å². The Morgan fingerprint density at radius 3 is 2.14 bits per heavy atom. The third-order valence-corrected chi connectivity index (χ3v) is 4.11. The molecule has 2 amide bonds. The Morgan fingerprint density at radius 2 is 1.62 bits per heavy atom. The highest BCUT2D eigenvalue weighted by Gasteiger charge is 2.47. The van der Waals surface area contributed by atoms with Crippen molar-refractivity contribution in [3.63, 3.8) is 0 Å². The first-order valence-electron chi connectivity index (χ1n) is 7.08. The summed E-state index contributed by atoms with van der Waals surface area (Å²) in [5.74, 6) is -2.62. The molecule has 4 nitrogen and oxygen atoms in total. The molecule has 112 valence electrons.